The van der Waals surface area contributed by atoms with Gasteiger partial charge in [0.2, 0.25) is 10.0 Å². The molecule has 0 saturated heterocycles. The van der Waals surface area contributed by atoms with Crippen molar-refractivity contribution in [3.8, 4) is 0 Å². The molecule has 0 amide bonds. The van der Waals surface area contributed by atoms with Gasteiger partial charge < -0.3 is 5.11 Å². The van der Waals surface area contributed by atoms with Crippen molar-refractivity contribution in [3.63, 3.8) is 0 Å². The summed E-state index contributed by atoms with van der Waals surface area (Å²) in [5, 5.41) is 9.17. The summed E-state index contributed by atoms with van der Waals surface area (Å²) in [6.07, 6.45) is 0.374. The molecule has 0 fully saturated rings. The summed E-state index contributed by atoms with van der Waals surface area (Å²) in [7, 11) is -3.58. The zero-order valence-corrected chi connectivity index (χ0v) is 11.3. The third kappa shape index (κ3) is 3.67. The molecule has 0 aliphatic heterocycles. The van der Waals surface area contributed by atoms with Crippen molar-refractivity contribution in [2.75, 3.05) is 6.61 Å². The lowest BCUT2D eigenvalue weighted by Crippen LogP contribution is -2.33. The second-order valence-electron chi connectivity index (χ2n) is 3.90. The average Bonchev–Trinajstić information content (AvgIpc) is 2.21. The minimum Gasteiger partial charge on any atom is -0.396 e. The van der Waals surface area contributed by atoms with Crippen LogP contribution in [0.25, 0.3) is 0 Å². The summed E-state index contributed by atoms with van der Waals surface area (Å²) in [4.78, 5) is 0.176. The minimum absolute atomic E-state index is 0.0573. The van der Waals surface area contributed by atoms with E-state index in [0.29, 0.717) is 17.0 Å². The van der Waals surface area contributed by atoms with Crippen molar-refractivity contribution in [2.24, 2.45) is 0 Å². The van der Waals surface area contributed by atoms with Crippen molar-refractivity contribution in [1.82, 2.24) is 4.72 Å². The maximum Gasteiger partial charge on any atom is 0.241 e. The fourth-order valence-corrected chi connectivity index (χ4v) is 3.24. The topological polar surface area (TPSA) is 66.4 Å². The monoisotopic (exact) mass is 277 g/mol. The van der Waals surface area contributed by atoms with Crippen LogP contribution in [0.15, 0.2) is 23.1 Å². The van der Waals surface area contributed by atoms with Crippen LogP contribution < -0.4 is 4.72 Å². The fraction of sp³-hybridized carbons (Fsp3) is 0.455. The van der Waals surface area contributed by atoms with Crippen molar-refractivity contribution < 1.29 is 13.5 Å². The van der Waals surface area contributed by atoms with Crippen LogP contribution in [0.2, 0.25) is 5.02 Å². The van der Waals surface area contributed by atoms with Gasteiger partial charge in [0.1, 0.15) is 0 Å². The van der Waals surface area contributed by atoms with Crippen LogP contribution in [0, 0.1) is 6.92 Å². The van der Waals surface area contributed by atoms with Gasteiger partial charge in [-0.3, -0.25) is 0 Å². The second kappa shape index (κ2) is 5.82. The highest BCUT2D eigenvalue weighted by Crippen LogP contribution is 2.22. The predicted molar refractivity (Wildman–Crippen MR) is 67.7 cm³/mol. The standard InChI is InChI=1S/C11H16ClNO3S/c1-8(6-7-14)13-17(15,16)11-5-3-4-10(12)9(11)2/h3-5,8,13-14H,6-7H2,1-2H3. The van der Waals surface area contributed by atoms with E-state index in [2.05, 4.69) is 4.72 Å². The first-order valence-corrected chi connectivity index (χ1v) is 7.13. The molecular weight excluding hydrogens is 262 g/mol. The first-order chi connectivity index (χ1) is 7.88. The molecule has 1 rings (SSSR count). The molecule has 0 aromatic heterocycles. The molecule has 0 bridgehead atoms. The van der Waals surface area contributed by atoms with Gasteiger partial charge in [0.25, 0.3) is 0 Å². The Kier molecular flexibility index (Phi) is 4.94. The van der Waals surface area contributed by atoms with Gasteiger partial charge in [0, 0.05) is 17.7 Å². The summed E-state index contributed by atoms with van der Waals surface area (Å²) in [5.41, 5.74) is 0.526. The van der Waals surface area contributed by atoms with Crippen molar-refractivity contribution in [2.45, 2.75) is 31.2 Å². The van der Waals surface area contributed by atoms with Crippen LogP contribution in [0.4, 0.5) is 0 Å². The smallest absolute Gasteiger partial charge is 0.241 e. The SMILES string of the molecule is Cc1c(Cl)cccc1S(=O)(=O)NC(C)CCO. The number of benzene rings is 1. The number of aliphatic hydroxyl groups excluding tert-OH is 1. The summed E-state index contributed by atoms with van der Waals surface area (Å²) < 4.78 is 26.6. The van der Waals surface area contributed by atoms with E-state index in [9.17, 15) is 8.42 Å². The van der Waals surface area contributed by atoms with E-state index in [1.807, 2.05) is 0 Å². The third-order valence-corrected chi connectivity index (χ3v) is 4.57. The molecule has 2 N–H and O–H groups in total. The van der Waals surface area contributed by atoms with Crippen LogP contribution in [0.1, 0.15) is 18.9 Å². The van der Waals surface area contributed by atoms with Gasteiger partial charge in [-0.15, -0.1) is 0 Å². The second-order valence-corrected chi connectivity index (χ2v) is 5.99. The molecule has 0 aliphatic carbocycles. The summed E-state index contributed by atoms with van der Waals surface area (Å²) in [5.74, 6) is 0. The van der Waals surface area contributed by atoms with E-state index < -0.39 is 10.0 Å². The summed E-state index contributed by atoms with van der Waals surface area (Å²) in [6, 6.07) is 4.44. The summed E-state index contributed by atoms with van der Waals surface area (Å²) in [6.45, 7) is 3.31. The fourth-order valence-electron chi connectivity index (χ4n) is 1.46. The molecule has 0 heterocycles. The largest absolute Gasteiger partial charge is 0.396 e. The van der Waals surface area contributed by atoms with Crippen LogP contribution in [-0.4, -0.2) is 26.2 Å². The summed E-state index contributed by atoms with van der Waals surface area (Å²) >= 11 is 5.89. The average molecular weight is 278 g/mol. The molecule has 1 aromatic rings. The van der Waals surface area contributed by atoms with Crippen LogP contribution in [0.5, 0.6) is 0 Å². The molecule has 0 spiro atoms. The van der Waals surface area contributed by atoms with Crippen LogP contribution in [0.3, 0.4) is 0 Å². The lowest BCUT2D eigenvalue weighted by atomic mass is 10.2. The molecule has 1 aromatic carbocycles. The van der Waals surface area contributed by atoms with Gasteiger partial charge in [0.05, 0.1) is 4.90 Å². The van der Waals surface area contributed by atoms with Gasteiger partial charge in [-0.2, -0.15) is 0 Å². The Morgan fingerprint density at radius 1 is 1.47 bits per heavy atom. The van der Waals surface area contributed by atoms with Crippen LogP contribution >= 0.6 is 11.6 Å². The molecule has 4 nitrogen and oxygen atoms in total. The molecule has 17 heavy (non-hydrogen) atoms. The first kappa shape index (κ1) is 14.4. The van der Waals surface area contributed by atoms with Gasteiger partial charge in [-0.1, -0.05) is 17.7 Å². The van der Waals surface area contributed by atoms with Gasteiger partial charge in [-0.05, 0) is 38.0 Å². The minimum atomic E-state index is -3.58. The number of aliphatic hydroxyl groups is 1. The number of hydrogen-bond acceptors (Lipinski definition) is 3. The highest BCUT2D eigenvalue weighted by Gasteiger charge is 2.20. The number of halogens is 1. The third-order valence-electron chi connectivity index (χ3n) is 2.43. The molecular formula is C11H16ClNO3S. The molecule has 0 aliphatic rings. The van der Waals surface area contributed by atoms with Gasteiger partial charge in [-0.25, -0.2) is 13.1 Å². The number of rotatable bonds is 5. The first-order valence-electron chi connectivity index (χ1n) is 5.27. The van der Waals surface area contributed by atoms with Gasteiger partial charge in [0.15, 0.2) is 0 Å². The normalized spacial score (nSPS) is 13.6. The highest BCUT2D eigenvalue weighted by molar-refractivity contribution is 7.89. The molecule has 1 atom stereocenters. The van der Waals surface area contributed by atoms with E-state index in [0.717, 1.165) is 0 Å². The molecule has 0 radical (unpaired) electrons. The van der Waals surface area contributed by atoms with Crippen molar-refractivity contribution >= 4 is 21.6 Å². The van der Waals surface area contributed by atoms with Crippen LogP contribution in [-0.2, 0) is 10.0 Å². The zero-order valence-electron chi connectivity index (χ0n) is 9.77. The maximum atomic E-state index is 12.0. The van der Waals surface area contributed by atoms with Crippen molar-refractivity contribution in [1.29, 1.82) is 0 Å². The van der Waals surface area contributed by atoms with E-state index in [1.54, 1.807) is 26.0 Å². The molecule has 96 valence electrons. The van der Waals surface area contributed by atoms with Gasteiger partial charge >= 0.3 is 0 Å². The number of hydrogen-bond donors (Lipinski definition) is 2. The molecule has 1 unspecified atom stereocenters. The molecule has 0 saturated carbocycles. The number of nitrogens with one attached hydrogen (secondary N) is 1. The zero-order chi connectivity index (χ0) is 13.1. The Hall–Kier alpha value is -0.620. The van der Waals surface area contributed by atoms with E-state index in [4.69, 9.17) is 16.7 Å². The quantitative estimate of drug-likeness (QED) is 0.861. The van der Waals surface area contributed by atoms with E-state index in [1.165, 1.54) is 6.07 Å². The maximum absolute atomic E-state index is 12.0. The number of sulfonamides is 1. The Bertz CT molecular complexity index is 487. The van der Waals surface area contributed by atoms with E-state index >= 15 is 0 Å². The Balaban J connectivity index is 3.02. The lowest BCUT2D eigenvalue weighted by Gasteiger charge is -2.14. The van der Waals surface area contributed by atoms with E-state index in [-0.39, 0.29) is 17.5 Å². The Labute approximate surface area is 107 Å². The Morgan fingerprint density at radius 2 is 2.12 bits per heavy atom. The predicted octanol–water partition coefficient (Wildman–Crippen LogP) is 1.70. The Morgan fingerprint density at radius 3 is 2.71 bits per heavy atom. The molecule has 6 heteroatoms. The highest BCUT2D eigenvalue weighted by atomic mass is 35.5. The lowest BCUT2D eigenvalue weighted by molar-refractivity contribution is 0.275. The van der Waals surface area contributed by atoms with Crippen molar-refractivity contribution in [3.05, 3.63) is 28.8 Å².